The van der Waals surface area contributed by atoms with Crippen LogP contribution in [0.5, 0.6) is 0 Å². The van der Waals surface area contributed by atoms with Gasteiger partial charge in [0.1, 0.15) is 6.61 Å². The van der Waals surface area contributed by atoms with Crippen LogP contribution < -0.4 is 5.73 Å². The quantitative estimate of drug-likeness (QED) is 0.904. The summed E-state index contributed by atoms with van der Waals surface area (Å²) in [6.07, 6.45) is -2.68. The first-order valence-corrected chi connectivity index (χ1v) is 6.55. The fourth-order valence-electron chi connectivity index (χ4n) is 2.19. The first-order valence-electron chi connectivity index (χ1n) is 6.55. The second-order valence-electron chi connectivity index (χ2n) is 4.74. The van der Waals surface area contributed by atoms with Crippen LogP contribution in [0, 0.1) is 0 Å². The van der Waals surface area contributed by atoms with Crippen LogP contribution >= 0.6 is 0 Å². The van der Waals surface area contributed by atoms with Crippen LogP contribution in [0.4, 0.5) is 13.2 Å². The second kappa shape index (κ2) is 6.26. The molecule has 2 rings (SSSR count). The van der Waals surface area contributed by atoms with Gasteiger partial charge in [-0.1, -0.05) is 18.2 Å². The summed E-state index contributed by atoms with van der Waals surface area (Å²) < 4.78 is 44.0. The molecule has 6 heteroatoms. The fourth-order valence-corrected chi connectivity index (χ4v) is 2.19. The van der Waals surface area contributed by atoms with Crippen LogP contribution in [0.2, 0.25) is 0 Å². The highest BCUT2D eigenvalue weighted by Crippen LogP contribution is 2.32. The molecule has 3 nitrogen and oxygen atoms in total. The number of benzene rings is 1. The Morgan fingerprint density at radius 2 is 2.05 bits per heavy atom. The van der Waals surface area contributed by atoms with E-state index in [-0.39, 0.29) is 18.0 Å². The molecule has 1 aromatic carbocycles. The molecule has 1 heterocycles. The standard InChI is InChI=1S/C14H17F3N2O/c15-14(16,17)12-5-2-1-4-10(12)8-11-9-20-13(19-11)6-3-7-18/h1-2,4-5,11H,3,6-9,18H2. The van der Waals surface area contributed by atoms with E-state index in [1.807, 2.05) is 0 Å². The molecule has 1 aromatic rings. The largest absolute Gasteiger partial charge is 0.479 e. The monoisotopic (exact) mass is 286 g/mol. The van der Waals surface area contributed by atoms with Crippen LogP contribution in [0.25, 0.3) is 0 Å². The van der Waals surface area contributed by atoms with Gasteiger partial charge in [0.2, 0.25) is 0 Å². The van der Waals surface area contributed by atoms with E-state index >= 15 is 0 Å². The van der Waals surface area contributed by atoms with E-state index in [1.165, 1.54) is 12.1 Å². The maximum atomic E-state index is 12.9. The van der Waals surface area contributed by atoms with Crippen LogP contribution in [-0.4, -0.2) is 25.1 Å². The van der Waals surface area contributed by atoms with Crippen LogP contribution in [0.15, 0.2) is 29.3 Å². The molecule has 1 aliphatic heterocycles. The summed E-state index contributed by atoms with van der Waals surface area (Å²) in [7, 11) is 0. The number of nitrogens with two attached hydrogens (primary N) is 1. The molecule has 0 aromatic heterocycles. The lowest BCUT2D eigenvalue weighted by atomic mass is 10.0. The summed E-state index contributed by atoms with van der Waals surface area (Å²) in [5.74, 6) is 0.602. The van der Waals surface area contributed by atoms with E-state index in [0.717, 1.165) is 12.5 Å². The molecule has 0 amide bonds. The molecule has 0 saturated heterocycles. The number of nitrogens with zero attached hydrogens (tertiary/aromatic N) is 1. The predicted molar refractivity (Wildman–Crippen MR) is 70.6 cm³/mol. The Labute approximate surface area is 115 Å². The van der Waals surface area contributed by atoms with Crippen molar-refractivity contribution in [3.05, 3.63) is 35.4 Å². The van der Waals surface area contributed by atoms with Crippen molar-refractivity contribution >= 4 is 5.90 Å². The Kier molecular flexibility index (Phi) is 4.65. The normalized spacial score (nSPS) is 18.8. The maximum Gasteiger partial charge on any atom is 0.416 e. The zero-order valence-electron chi connectivity index (χ0n) is 11.0. The third-order valence-electron chi connectivity index (χ3n) is 3.14. The van der Waals surface area contributed by atoms with Crippen molar-refractivity contribution in [3.63, 3.8) is 0 Å². The van der Waals surface area contributed by atoms with Gasteiger partial charge in [-0.2, -0.15) is 13.2 Å². The summed E-state index contributed by atoms with van der Waals surface area (Å²) in [4.78, 5) is 4.32. The first-order chi connectivity index (χ1) is 9.50. The Morgan fingerprint density at radius 3 is 2.75 bits per heavy atom. The number of ether oxygens (including phenoxy) is 1. The summed E-state index contributed by atoms with van der Waals surface area (Å²) in [5.41, 5.74) is 5.07. The molecule has 0 saturated carbocycles. The van der Waals surface area contributed by atoms with Crippen LogP contribution in [-0.2, 0) is 17.3 Å². The van der Waals surface area contributed by atoms with Gasteiger partial charge in [0, 0.05) is 6.42 Å². The van der Waals surface area contributed by atoms with Crippen molar-refractivity contribution in [1.82, 2.24) is 0 Å². The number of aliphatic imine (C=N–C) groups is 1. The lowest BCUT2D eigenvalue weighted by Gasteiger charge is -2.13. The van der Waals surface area contributed by atoms with Gasteiger partial charge in [0.15, 0.2) is 5.90 Å². The van der Waals surface area contributed by atoms with E-state index in [9.17, 15) is 13.2 Å². The third-order valence-corrected chi connectivity index (χ3v) is 3.14. The lowest BCUT2D eigenvalue weighted by molar-refractivity contribution is -0.138. The van der Waals surface area contributed by atoms with Crippen LogP contribution in [0.3, 0.4) is 0 Å². The summed E-state index contributed by atoms with van der Waals surface area (Å²) in [6, 6.07) is 5.36. The van der Waals surface area contributed by atoms with Gasteiger partial charge in [-0.3, -0.25) is 0 Å². The zero-order valence-corrected chi connectivity index (χ0v) is 11.0. The fraction of sp³-hybridized carbons (Fsp3) is 0.500. The molecule has 0 radical (unpaired) electrons. The number of hydrogen-bond donors (Lipinski definition) is 1. The molecule has 0 spiro atoms. The Bertz CT molecular complexity index is 486. The number of alkyl halides is 3. The molecular weight excluding hydrogens is 269 g/mol. The van der Waals surface area contributed by atoms with Crippen molar-refractivity contribution < 1.29 is 17.9 Å². The maximum absolute atomic E-state index is 12.9. The molecule has 110 valence electrons. The van der Waals surface area contributed by atoms with Crippen molar-refractivity contribution in [3.8, 4) is 0 Å². The summed E-state index contributed by atoms with van der Waals surface area (Å²) >= 11 is 0. The lowest BCUT2D eigenvalue weighted by Crippen LogP contribution is -2.15. The Hall–Kier alpha value is -1.56. The molecule has 1 unspecified atom stereocenters. The van der Waals surface area contributed by atoms with Crippen molar-refractivity contribution in [2.75, 3.05) is 13.2 Å². The highest BCUT2D eigenvalue weighted by molar-refractivity contribution is 5.77. The Balaban J connectivity index is 2.06. The van der Waals surface area contributed by atoms with E-state index < -0.39 is 11.7 Å². The minimum absolute atomic E-state index is 0.238. The van der Waals surface area contributed by atoms with Gasteiger partial charge >= 0.3 is 6.18 Å². The van der Waals surface area contributed by atoms with E-state index in [0.29, 0.717) is 25.5 Å². The minimum atomic E-state index is -4.33. The van der Waals surface area contributed by atoms with Crippen molar-refractivity contribution in [1.29, 1.82) is 0 Å². The SMILES string of the molecule is NCCCC1=NC(Cc2ccccc2C(F)(F)F)CO1. The van der Waals surface area contributed by atoms with E-state index in [2.05, 4.69) is 4.99 Å². The van der Waals surface area contributed by atoms with E-state index in [1.54, 1.807) is 6.07 Å². The predicted octanol–water partition coefficient (Wildman–Crippen LogP) is 2.78. The molecular formula is C14H17F3N2O. The number of rotatable bonds is 5. The summed E-state index contributed by atoms with van der Waals surface area (Å²) in [5, 5.41) is 0. The number of halogens is 3. The second-order valence-corrected chi connectivity index (χ2v) is 4.74. The molecule has 0 fully saturated rings. The molecule has 20 heavy (non-hydrogen) atoms. The number of hydrogen-bond acceptors (Lipinski definition) is 3. The highest BCUT2D eigenvalue weighted by Gasteiger charge is 2.33. The van der Waals surface area contributed by atoms with Gasteiger partial charge in [-0.05, 0) is 31.0 Å². The van der Waals surface area contributed by atoms with Crippen molar-refractivity contribution in [2.24, 2.45) is 10.7 Å². The first kappa shape index (κ1) is 14.8. The summed E-state index contributed by atoms with van der Waals surface area (Å²) in [6.45, 7) is 0.885. The van der Waals surface area contributed by atoms with Crippen molar-refractivity contribution in [2.45, 2.75) is 31.5 Å². The third kappa shape index (κ3) is 3.72. The van der Waals surface area contributed by atoms with Gasteiger partial charge in [-0.15, -0.1) is 0 Å². The topological polar surface area (TPSA) is 47.6 Å². The molecule has 0 aliphatic carbocycles. The van der Waals surface area contributed by atoms with Gasteiger partial charge in [0.25, 0.3) is 0 Å². The molecule has 2 N–H and O–H groups in total. The van der Waals surface area contributed by atoms with E-state index in [4.69, 9.17) is 10.5 Å². The van der Waals surface area contributed by atoms with Gasteiger partial charge in [-0.25, -0.2) is 4.99 Å². The minimum Gasteiger partial charge on any atom is -0.479 e. The van der Waals surface area contributed by atoms with Gasteiger partial charge in [0.05, 0.1) is 11.6 Å². The Morgan fingerprint density at radius 1 is 1.30 bits per heavy atom. The van der Waals surface area contributed by atoms with Crippen LogP contribution in [0.1, 0.15) is 24.0 Å². The smallest absolute Gasteiger partial charge is 0.416 e. The highest BCUT2D eigenvalue weighted by atomic mass is 19.4. The zero-order chi connectivity index (χ0) is 14.6. The molecule has 1 aliphatic rings. The average molecular weight is 286 g/mol. The molecule has 0 bridgehead atoms. The average Bonchev–Trinajstić information content (AvgIpc) is 2.83. The van der Waals surface area contributed by atoms with Gasteiger partial charge < -0.3 is 10.5 Å². The molecule has 1 atom stereocenters.